The minimum atomic E-state index is 0.0915. The third-order valence-electron chi connectivity index (χ3n) is 6.92. The fourth-order valence-electron chi connectivity index (χ4n) is 5.03. The molecule has 1 saturated heterocycles. The first-order valence-corrected chi connectivity index (χ1v) is 11.8. The number of hydrogen-bond donors (Lipinski definition) is 1. The minimum Gasteiger partial charge on any atom is -0.493 e. The molecule has 0 spiro atoms. The number of anilines is 1. The van der Waals surface area contributed by atoms with Crippen LogP contribution in [0.1, 0.15) is 38.5 Å². The monoisotopic (exact) mass is 449 g/mol. The van der Waals surface area contributed by atoms with Crippen LogP contribution in [0.25, 0.3) is 16.8 Å². The Bertz CT molecular complexity index is 1130. The Morgan fingerprint density at radius 2 is 1.79 bits per heavy atom. The Hall–Kier alpha value is -3.29. The van der Waals surface area contributed by atoms with Gasteiger partial charge >= 0.3 is 0 Å². The summed E-state index contributed by atoms with van der Waals surface area (Å²) in [5, 5.41) is 8.02. The molecule has 1 amide bonds. The molecule has 3 aromatic rings. The molecule has 8 heteroatoms. The molecule has 8 nitrogen and oxygen atoms in total. The van der Waals surface area contributed by atoms with Gasteiger partial charge in [0.05, 0.1) is 19.9 Å². The second kappa shape index (κ2) is 9.29. The number of piperidine rings is 1. The smallest absolute Gasteiger partial charge is 0.223 e. The highest BCUT2D eigenvalue weighted by Gasteiger charge is 2.28. The van der Waals surface area contributed by atoms with Crippen molar-refractivity contribution in [2.75, 3.05) is 32.2 Å². The lowest BCUT2D eigenvalue weighted by atomic mass is 9.95. The van der Waals surface area contributed by atoms with Crippen LogP contribution in [0.15, 0.2) is 36.7 Å². The van der Waals surface area contributed by atoms with E-state index in [2.05, 4.69) is 21.3 Å². The summed E-state index contributed by atoms with van der Waals surface area (Å²) in [6.45, 7) is 1.62. The Labute approximate surface area is 193 Å². The van der Waals surface area contributed by atoms with E-state index in [4.69, 9.17) is 14.6 Å². The van der Waals surface area contributed by atoms with Gasteiger partial charge in [0, 0.05) is 43.0 Å². The van der Waals surface area contributed by atoms with Crippen molar-refractivity contribution in [3.63, 3.8) is 0 Å². The molecule has 1 aliphatic carbocycles. The van der Waals surface area contributed by atoms with E-state index < -0.39 is 0 Å². The highest BCUT2D eigenvalue weighted by Crippen LogP contribution is 2.33. The number of methoxy groups -OCH3 is 2. The second-order valence-electron chi connectivity index (χ2n) is 8.93. The molecular formula is C25H31N5O3. The zero-order valence-corrected chi connectivity index (χ0v) is 19.3. The Kier molecular flexibility index (Phi) is 6.07. The maximum Gasteiger partial charge on any atom is 0.223 e. The van der Waals surface area contributed by atoms with Crippen molar-refractivity contribution in [1.29, 1.82) is 0 Å². The molecule has 1 N–H and O–H groups in total. The normalized spacial score (nSPS) is 17.5. The summed E-state index contributed by atoms with van der Waals surface area (Å²) >= 11 is 0. The van der Waals surface area contributed by atoms with Crippen LogP contribution >= 0.6 is 0 Å². The lowest BCUT2D eigenvalue weighted by Crippen LogP contribution is -2.43. The first-order chi connectivity index (χ1) is 16.2. The van der Waals surface area contributed by atoms with Gasteiger partial charge in [-0.2, -0.15) is 5.10 Å². The zero-order chi connectivity index (χ0) is 22.8. The Balaban J connectivity index is 1.32. The number of aromatic nitrogens is 3. The van der Waals surface area contributed by atoms with Gasteiger partial charge in [0.25, 0.3) is 0 Å². The van der Waals surface area contributed by atoms with Gasteiger partial charge in [-0.05, 0) is 49.9 Å². The van der Waals surface area contributed by atoms with Crippen LogP contribution in [-0.2, 0) is 4.79 Å². The lowest BCUT2D eigenvalue weighted by Gasteiger charge is -2.32. The van der Waals surface area contributed by atoms with Gasteiger partial charge in [-0.15, -0.1) is 0 Å². The first kappa shape index (κ1) is 21.6. The molecule has 2 aromatic heterocycles. The molecule has 5 rings (SSSR count). The fraction of sp³-hybridized carbons (Fsp3) is 0.480. The molecule has 1 aliphatic heterocycles. The van der Waals surface area contributed by atoms with Crippen LogP contribution < -0.4 is 19.7 Å². The second-order valence-corrected chi connectivity index (χ2v) is 8.93. The van der Waals surface area contributed by atoms with E-state index in [1.807, 2.05) is 28.9 Å². The fourth-order valence-corrected chi connectivity index (χ4v) is 5.03. The molecule has 1 saturated carbocycles. The molecule has 2 fully saturated rings. The number of benzene rings is 1. The van der Waals surface area contributed by atoms with E-state index in [0.29, 0.717) is 17.5 Å². The van der Waals surface area contributed by atoms with E-state index in [-0.39, 0.29) is 11.8 Å². The summed E-state index contributed by atoms with van der Waals surface area (Å²) in [5.41, 5.74) is 2.75. The molecule has 0 atom stereocenters. The molecule has 1 aromatic carbocycles. The topological polar surface area (TPSA) is 81.0 Å². The van der Waals surface area contributed by atoms with E-state index in [9.17, 15) is 4.79 Å². The van der Waals surface area contributed by atoms with E-state index in [1.165, 1.54) is 12.8 Å². The molecule has 174 valence electrons. The van der Waals surface area contributed by atoms with Crippen LogP contribution in [0, 0.1) is 5.92 Å². The van der Waals surface area contributed by atoms with Crippen LogP contribution in [0.5, 0.6) is 11.5 Å². The Morgan fingerprint density at radius 1 is 1.03 bits per heavy atom. The van der Waals surface area contributed by atoms with Gasteiger partial charge in [-0.25, -0.2) is 9.50 Å². The maximum absolute atomic E-state index is 12.7. The molecule has 33 heavy (non-hydrogen) atoms. The summed E-state index contributed by atoms with van der Waals surface area (Å²) < 4.78 is 12.7. The summed E-state index contributed by atoms with van der Waals surface area (Å²) in [6, 6.07) is 8.24. The van der Waals surface area contributed by atoms with Crippen LogP contribution in [0.4, 0.5) is 5.82 Å². The summed E-state index contributed by atoms with van der Waals surface area (Å²) in [5.74, 6) is 2.59. The quantitative estimate of drug-likeness (QED) is 0.618. The number of carbonyl (C=O) groups is 1. The average Bonchev–Trinajstić information content (AvgIpc) is 3.53. The van der Waals surface area contributed by atoms with Crippen LogP contribution in [-0.4, -0.2) is 53.9 Å². The number of ether oxygens (including phenoxy) is 2. The highest BCUT2D eigenvalue weighted by atomic mass is 16.5. The largest absolute Gasteiger partial charge is 0.493 e. The molecule has 3 heterocycles. The number of rotatable bonds is 6. The van der Waals surface area contributed by atoms with Gasteiger partial charge in [0.1, 0.15) is 5.52 Å². The molecule has 0 unspecified atom stereocenters. The minimum absolute atomic E-state index is 0.0915. The van der Waals surface area contributed by atoms with Gasteiger partial charge in [0.2, 0.25) is 5.91 Å². The molecule has 2 aliphatic rings. The van der Waals surface area contributed by atoms with Crippen molar-refractivity contribution in [2.24, 2.45) is 5.92 Å². The maximum atomic E-state index is 12.7. The third kappa shape index (κ3) is 4.34. The van der Waals surface area contributed by atoms with Crippen molar-refractivity contribution in [2.45, 2.75) is 44.6 Å². The summed E-state index contributed by atoms with van der Waals surface area (Å²) in [4.78, 5) is 19.6. The van der Waals surface area contributed by atoms with Gasteiger partial charge in [0.15, 0.2) is 17.3 Å². The predicted octanol–water partition coefficient (Wildman–Crippen LogP) is 3.69. The van der Waals surface area contributed by atoms with Crippen molar-refractivity contribution < 1.29 is 14.3 Å². The van der Waals surface area contributed by atoms with Crippen molar-refractivity contribution >= 4 is 17.2 Å². The number of fused-ring (bicyclic) bond motifs is 1. The molecular weight excluding hydrogens is 418 g/mol. The highest BCUT2D eigenvalue weighted by molar-refractivity contribution is 5.80. The van der Waals surface area contributed by atoms with E-state index >= 15 is 0 Å². The number of nitrogens with one attached hydrogen (secondary N) is 1. The van der Waals surface area contributed by atoms with Gasteiger partial charge < -0.3 is 19.7 Å². The van der Waals surface area contributed by atoms with E-state index in [0.717, 1.165) is 61.4 Å². The standard InChI is InChI=1S/C25H31N5O3/c1-32-22-8-7-18(15-23(22)33-2)20-16-21-24(26-11-14-30(21)28-20)29-12-9-17(10-13-29)25(31)27-19-5-3-4-6-19/h7-8,11,14-17,19H,3-6,9-10,12-13H2,1-2H3,(H,27,31). The molecule has 0 bridgehead atoms. The van der Waals surface area contributed by atoms with Crippen molar-refractivity contribution in [3.8, 4) is 22.8 Å². The Morgan fingerprint density at radius 3 is 2.52 bits per heavy atom. The van der Waals surface area contributed by atoms with E-state index in [1.54, 1.807) is 20.4 Å². The summed E-state index contributed by atoms with van der Waals surface area (Å²) in [7, 11) is 3.26. The molecule has 0 radical (unpaired) electrons. The van der Waals surface area contributed by atoms with Crippen molar-refractivity contribution in [1.82, 2.24) is 19.9 Å². The van der Waals surface area contributed by atoms with Gasteiger partial charge in [-0.3, -0.25) is 4.79 Å². The lowest BCUT2D eigenvalue weighted by molar-refractivity contribution is -0.126. The zero-order valence-electron chi connectivity index (χ0n) is 19.3. The van der Waals surface area contributed by atoms with Gasteiger partial charge in [-0.1, -0.05) is 12.8 Å². The summed E-state index contributed by atoms with van der Waals surface area (Å²) in [6.07, 6.45) is 10.1. The third-order valence-corrected chi connectivity index (χ3v) is 6.92. The average molecular weight is 450 g/mol. The SMILES string of the molecule is COc1ccc(-c2cc3c(N4CCC(C(=O)NC5CCCC5)CC4)nccn3n2)cc1OC. The number of amides is 1. The number of nitrogens with zero attached hydrogens (tertiary/aromatic N) is 4. The predicted molar refractivity (Wildman–Crippen MR) is 127 cm³/mol. The van der Waals surface area contributed by atoms with Crippen LogP contribution in [0.3, 0.4) is 0 Å². The first-order valence-electron chi connectivity index (χ1n) is 11.8. The number of carbonyl (C=O) groups excluding carboxylic acids is 1. The number of hydrogen-bond acceptors (Lipinski definition) is 6. The van der Waals surface area contributed by atoms with Crippen molar-refractivity contribution in [3.05, 3.63) is 36.7 Å². The van der Waals surface area contributed by atoms with Crippen LogP contribution in [0.2, 0.25) is 0 Å².